The van der Waals surface area contributed by atoms with Crippen LogP contribution in [0.15, 0.2) is 23.7 Å². The number of nitrogens with zero attached hydrogens (tertiary/aromatic N) is 1. The number of methoxy groups -OCH3 is 1. The maximum Gasteiger partial charge on any atom is 0.320 e. The molecular formula is C15H17F2N3O2S. The second-order valence-electron chi connectivity index (χ2n) is 5.08. The molecule has 1 atom stereocenters. The first-order valence-electron chi connectivity index (χ1n) is 6.91. The molecule has 0 saturated heterocycles. The SMILES string of the molecule is CC[C@@](C)(NC(=O)Nc1cc(F)c(OC)c(F)c1)c1nccs1. The summed E-state index contributed by atoms with van der Waals surface area (Å²) >= 11 is 1.42. The molecule has 1 heterocycles. The summed E-state index contributed by atoms with van der Waals surface area (Å²) in [6.45, 7) is 3.75. The summed E-state index contributed by atoms with van der Waals surface area (Å²) < 4.78 is 31.9. The van der Waals surface area contributed by atoms with Crippen molar-refractivity contribution < 1.29 is 18.3 Å². The Morgan fingerprint density at radius 3 is 2.52 bits per heavy atom. The number of benzene rings is 1. The van der Waals surface area contributed by atoms with Gasteiger partial charge in [-0.05, 0) is 13.3 Å². The molecule has 0 fully saturated rings. The van der Waals surface area contributed by atoms with Crippen molar-refractivity contribution in [3.63, 3.8) is 0 Å². The first kappa shape index (κ1) is 17.1. The van der Waals surface area contributed by atoms with Crippen LogP contribution in [0.2, 0.25) is 0 Å². The van der Waals surface area contributed by atoms with Gasteiger partial charge in [-0.3, -0.25) is 0 Å². The number of ether oxygens (including phenoxy) is 1. The van der Waals surface area contributed by atoms with Crippen LogP contribution in [0.1, 0.15) is 25.3 Å². The van der Waals surface area contributed by atoms with E-state index in [0.29, 0.717) is 6.42 Å². The van der Waals surface area contributed by atoms with Gasteiger partial charge in [0.25, 0.3) is 0 Å². The van der Waals surface area contributed by atoms with Gasteiger partial charge >= 0.3 is 6.03 Å². The Morgan fingerprint density at radius 2 is 2.04 bits per heavy atom. The average molecular weight is 341 g/mol. The highest BCUT2D eigenvalue weighted by atomic mass is 32.1. The zero-order valence-corrected chi connectivity index (χ0v) is 13.8. The van der Waals surface area contributed by atoms with E-state index in [-0.39, 0.29) is 5.69 Å². The molecule has 0 aliphatic carbocycles. The van der Waals surface area contributed by atoms with Crippen LogP contribution in [0.5, 0.6) is 5.75 Å². The van der Waals surface area contributed by atoms with Crippen molar-refractivity contribution in [1.29, 1.82) is 0 Å². The van der Waals surface area contributed by atoms with Gasteiger partial charge < -0.3 is 15.4 Å². The minimum absolute atomic E-state index is 0.00380. The number of thiazole rings is 1. The highest BCUT2D eigenvalue weighted by Crippen LogP contribution is 2.27. The van der Waals surface area contributed by atoms with Gasteiger partial charge in [0.15, 0.2) is 17.4 Å². The summed E-state index contributed by atoms with van der Waals surface area (Å²) in [4.78, 5) is 16.3. The number of hydrogen-bond acceptors (Lipinski definition) is 4. The molecule has 2 rings (SSSR count). The fraction of sp³-hybridized carbons (Fsp3) is 0.333. The lowest BCUT2D eigenvalue weighted by molar-refractivity contribution is 0.237. The largest absolute Gasteiger partial charge is 0.491 e. The number of carbonyl (C=O) groups is 1. The number of carbonyl (C=O) groups excluding carboxylic acids is 1. The van der Waals surface area contributed by atoms with Gasteiger partial charge in [-0.15, -0.1) is 11.3 Å². The fourth-order valence-electron chi connectivity index (χ4n) is 2.03. The molecule has 1 aromatic carbocycles. The lowest BCUT2D eigenvalue weighted by Crippen LogP contribution is -2.45. The Labute approximate surface area is 136 Å². The second kappa shape index (κ2) is 6.91. The Hall–Kier alpha value is -2.22. The molecule has 23 heavy (non-hydrogen) atoms. The van der Waals surface area contributed by atoms with Crippen molar-refractivity contribution in [2.24, 2.45) is 0 Å². The Morgan fingerprint density at radius 1 is 1.39 bits per heavy atom. The normalized spacial score (nSPS) is 13.3. The molecule has 2 N–H and O–H groups in total. The van der Waals surface area contributed by atoms with Gasteiger partial charge in [0, 0.05) is 29.4 Å². The van der Waals surface area contributed by atoms with E-state index in [1.807, 2.05) is 19.2 Å². The Balaban J connectivity index is 2.13. The maximum atomic E-state index is 13.6. The van der Waals surface area contributed by atoms with Crippen molar-refractivity contribution in [1.82, 2.24) is 10.3 Å². The van der Waals surface area contributed by atoms with E-state index in [1.54, 1.807) is 6.20 Å². The maximum absolute atomic E-state index is 13.6. The van der Waals surface area contributed by atoms with Gasteiger partial charge in [0.1, 0.15) is 5.01 Å². The highest BCUT2D eigenvalue weighted by molar-refractivity contribution is 7.09. The van der Waals surface area contributed by atoms with E-state index >= 15 is 0 Å². The standard InChI is InChI=1S/C15H17F2N3O2S/c1-4-15(2,13-18-5-6-23-13)20-14(21)19-9-7-10(16)12(22-3)11(17)8-9/h5-8H,4H2,1-3H3,(H2,19,20,21)/t15-/m1/s1. The number of halogens is 2. The van der Waals surface area contributed by atoms with Crippen molar-refractivity contribution in [3.05, 3.63) is 40.4 Å². The van der Waals surface area contributed by atoms with Crippen molar-refractivity contribution in [2.45, 2.75) is 25.8 Å². The quantitative estimate of drug-likeness (QED) is 0.867. The molecule has 2 amide bonds. The molecule has 0 spiro atoms. The van der Waals surface area contributed by atoms with Crippen LogP contribution in [0.25, 0.3) is 0 Å². The van der Waals surface area contributed by atoms with Crippen LogP contribution in [0, 0.1) is 11.6 Å². The van der Waals surface area contributed by atoms with Crippen molar-refractivity contribution in [2.75, 3.05) is 12.4 Å². The van der Waals surface area contributed by atoms with Gasteiger partial charge in [-0.2, -0.15) is 0 Å². The summed E-state index contributed by atoms with van der Waals surface area (Å²) in [5.41, 5.74) is -0.669. The van der Waals surface area contributed by atoms with E-state index in [1.165, 1.54) is 18.4 Å². The molecule has 1 aromatic heterocycles. The third-order valence-corrected chi connectivity index (χ3v) is 4.50. The van der Waals surface area contributed by atoms with Crippen LogP contribution in [0.4, 0.5) is 19.3 Å². The molecule has 124 valence electrons. The van der Waals surface area contributed by atoms with Crippen LogP contribution in [-0.2, 0) is 5.54 Å². The Bertz CT molecular complexity index is 671. The number of amides is 2. The summed E-state index contributed by atoms with van der Waals surface area (Å²) in [6.07, 6.45) is 2.26. The van der Waals surface area contributed by atoms with E-state index in [9.17, 15) is 13.6 Å². The lowest BCUT2D eigenvalue weighted by Gasteiger charge is -2.27. The van der Waals surface area contributed by atoms with E-state index in [0.717, 1.165) is 17.1 Å². The zero-order valence-electron chi connectivity index (χ0n) is 12.9. The highest BCUT2D eigenvalue weighted by Gasteiger charge is 2.29. The van der Waals surface area contributed by atoms with Crippen LogP contribution in [0.3, 0.4) is 0 Å². The number of hydrogen-bond donors (Lipinski definition) is 2. The van der Waals surface area contributed by atoms with Gasteiger partial charge in [0.05, 0.1) is 12.6 Å². The lowest BCUT2D eigenvalue weighted by atomic mass is 10.0. The van der Waals surface area contributed by atoms with Crippen molar-refractivity contribution >= 4 is 23.1 Å². The Kier molecular flexibility index (Phi) is 5.15. The topological polar surface area (TPSA) is 63.2 Å². The molecule has 0 saturated carbocycles. The third kappa shape index (κ3) is 3.76. The first-order valence-corrected chi connectivity index (χ1v) is 7.79. The molecule has 0 aliphatic heterocycles. The smallest absolute Gasteiger partial charge is 0.320 e. The number of aromatic nitrogens is 1. The molecule has 0 aliphatic rings. The van der Waals surface area contributed by atoms with Crippen LogP contribution >= 0.6 is 11.3 Å². The molecule has 2 aromatic rings. The molecule has 5 nitrogen and oxygen atoms in total. The van der Waals surface area contributed by atoms with Crippen molar-refractivity contribution in [3.8, 4) is 5.75 Å². The van der Waals surface area contributed by atoms with Crippen LogP contribution < -0.4 is 15.4 Å². The predicted octanol–water partition coefficient (Wildman–Crippen LogP) is 3.88. The van der Waals surface area contributed by atoms with E-state index < -0.39 is 29.0 Å². The van der Waals surface area contributed by atoms with Gasteiger partial charge in [-0.25, -0.2) is 18.6 Å². The van der Waals surface area contributed by atoms with Gasteiger partial charge in [-0.1, -0.05) is 6.92 Å². The predicted molar refractivity (Wildman–Crippen MR) is 84.8 cm³/mol. The number of nitrogens with one attached hydrogen (secondary N) is 2. The molecular weight excluding hydrogens is 324 g/mol. The molecule has 0 radical (unpaired) electrons. The minimum Gasteiger partial charge on any atom is -0.491 e. The average Bonchev–Trinajstić information content (AvgIpc) is 3.01. The number of urea groups is 1. The summed E-state index contributed by atoms with van der Waals surface area (Å²) in [6, 6.07) is 1.41. The number of rotatable bonds is 5. The molecule has 0 bridgehead atoms. The molecule has 0 unspecified atom stereocenters. The monoisotopic (exact) mass is 341 g/mol. The molecule has 8 heteroatoms. The summed E-state index contributed by atoms with van der Waals surface area (Å²) in [7, 11) is 1.17. The van der Waals surface area contributed by atoms with Gasteiger partial charge in [0.2, 0.25) is 0 Å². The van der Waals surface area contributed by atoms with E-state index in [4.69, 9.17) is 0 Å². The summed E-state index contributed by atoms with van der Waals surface area (Å²) in [5, 5.41) is 7.77. The number of anilines is 1. The van der Waals surface area contributed by atoms with E-state index in [2.05, 4.69) is 20.4 Å². The summed E-state index contributed by atoms with van der Waals surface area (Å²) in [5.74, 6) is -2.26. The third-order valence-electron chi connectivity index (χ3n) is 3.46. The zero-order chi connectivity index (χ0) is 17.0. The van der Waals surface area contributed by atoms with Crippen LogP contribution in [-0.4, -0.2) is 18.1 Å². The second-order valence-corrected chi connectivity index (χ2v) is 5.97. The fourth-order valence-corrected chi connectivity index (χ4v) is 2.86. The minimum atomic E-state index is -0.888. The first-order chi connectivity index (χ1) is 10.9.